The van der Waals surface area contributed by atoms with Crippen molar-refractivity contribution in [3.8, 4) is 0 Å². The molecule has 0 aromatic heterocycles. The Labute approximate surface area is 149 Å². The van der Waals surface area contributed by atoms with Crippen LogP contribution in [0.4, 0.5) is 0 Å². The Balaban J connectivity index is 1.83. The predicted molar refractivity (Wildman–Crippen MR) is 90.8 cm³/mol. The van der Waals surface area contributed by atoms with Crippen LogP contribution in [0.15, 0.2) is 29.2 Å². The number of ether oxygens (including phenoxy) is 3. The van der Waals surface area contributed by atoms with Crippen LogP contribution >= 0.6 is 22.6 Å². The third kappa shape index (κ3) is 3.57. The molecule has 4 atom stereocenters. The van der Waals surface area contributed by atoms with Crippen molar-refractivity contribution >= 4 is 32.7 Å². The number of alkyl halides is 1. The summed E-state index contributed by atoms with van der Waals surface area (Å²) >= 11 is 2.13. The predicted octanol–water partition coefficient (Wildman–Crippen LogP) is 2.38. The van der Waals surface area contributed by atoms with E-state index in [-0.39, 0.29) is 4.90 Å². The van der Waals surface area contributed by atoms with E-state index in [1.54, 1.807) is 26.0 Å². The maximum Gasteiger partial charge on any atom is 0.297 e. The highest BCUT2D eigenvalue weighted by Gasteiger charge is 2.56. The number of hydrogen-bond acceptors (Lipinski definition) is 6. The van der Waals surface area contributed by atoms with E-state index in [1.807, 2.05) is 6.92 Å². The van der Waals surface area contributed by atoms with Gasteiger partial charge in [-0.25, -0.2) is 0 Å². The first-order chi connectivity index (χ1) is 10.7. The minimum atomic E-state index is -3.90. The van der Waals surface area contributed by atoms with E-state index in [0.717, 1.165) is 5.56 Å². The lowest BCUT2D eigenvalue weighted by atomic mass is 10.2. The smallest absolute Gasteiger partial charge is 0.297 e. The van der Waals surface area contributed by atoms with Gasteiger partial charge in [-0.2, -0.15) is 8.42 Å². The SMILES string of the molecule is Cc1ccc(S(=O)(=O)O[C@H]2[C@H]3OC(C)(C)O[C@H]3O[C@@H]2CI)cc1. The molecule has 2 heterocycles. The van der Waals surface area contributed by atoms with Crippen LogP contribution in [-0.2, 0) is 28.5 Å². The van der Waals surface area contributed by atoms with Crippen LogP contribution in [0.5, 0.6) is 0 Å². The van der Waals surface area contributed by atoms with E-state index in [1.165, 1.54) is 12.1 Å². The van der Waals surface area contributed by atoms with E-state index in [9.17, 15) is 8.42 Å². The summed E-state index contributed by atoms with van der Waals surface area (Å²) in [6, 6.07) is 6.54. The lowest BCUT2D eigenvalue weighted by Gasteiger charge is -2.24. The molecule has 23 heavy (non-hydrogen) atoms. The molecule has 0 N–H and O–H groups in total. The maximum atomic E-state index is 12.5. The quantitative estimate of drug-likeness (QED) is 0.396. The number of benzene rings is 1. The van der Waals surface area contributed by atoms with Crippen molar-refractivity contribution in [2.75, 3.05) is 4.43 Å². The molecule has 128 valence electrons. The van der Waals surface area contributed by atoms with Gasteiger partial charge in [0.2, 0.25) is 0 Å². The van der Waals surface area contributed by atoms with Gasteiger partial charge >= 0.3 is 0 Å². The fourth-order valence-corrected chi connectivity index (χ4v) is 4.51. The van der Waals surface area contributed by atoms with Crippen LogP contribution in [0.2, 0.25) is 0 Å². The van der Waals surface area contributed by atoms with Gasteiger partial charge in [-0.1, -0.05) is 40.3 Å². The molecule has 3 rings (SSSR count). The summed E-state index contributed by atoms with van der Waals surface area (Å²) in [4.78, 5) is 0.122. The Morgan fingerprint density at radius 3 is 2.48 bits per heavy atom. The second kappa shape index (κ2) is 6.23. The van der Waals surface area contributed by atoms with Gasteiger partial charge in [0, 0.05) is 4.43 Å². The van der Waals surface area contributed by atoms with Gasteiger partial charge in [0.25, 0.3) is 10.1 Å². The topological polar surface area (TPSA) is 71.1 Å². The van der Waals surface area contributed by atoms with Crippen molar-refractivity contribution < 1.29 is 26.8 Å². The normalized spacial score (nSPS) is 32.9. The monoisotopic (exact) mass is 454 g/mol. The van der Waals surface area contributed by atoms with Crippen molar-refractivity contribution in [2.45, 2.75) is 56.1 Å². The summed E-state index contributed by atoms with van der Waals surface area (Å²) in [6.07, 6.45) is -2.31. The van der Waals surface area contributed by atoms with Crippen LogP contribution in [-0.4, -0.2) is 43.2 Å². The van der Waals surface area contributed by atoms with Crippen LogP contribution in [0.1, 0.15) is 19.4 Å². The Morgan fingerprint density at radius 2 is 1.87 bits per heavy atom. The van der Waals surface area contributed by atoms with Gasteiger partial charge in [0.05, 0.1) is 4.90 Å². The van der Waals surface area contributed by atoms with E-state index < -0.39 is 40.5 Å². The Morgan fingerprint density at radius 1 is 1.22 bits per heavy atom. The zero-order chi connectivity index (χ0) is 16.8. The van der Waals surface area contributed by atoms with Gasteiger partial charge in [-0.05, 0) is 32.9 Å². The van der Waals surface area contributed by atoms with Gasteiger partial charge in [-0.3, -0.25) is 4.18 Å². The molecular weight excluding hydrogens is 435 g/mol. The molecule has 1 aromatic carbocycles. The molecule has 2 aliphatic rings. The highest BCUT2D eigenvalue weighted by atomic mass is 127. The van der Waals surface area contributed by atoms with E-state index in [4.69, 9.17) is 18.4 Å². The summed E-state index contributed by atoms with van der Waals surface area (Å²) in [6.45, 7) is 5.42. The summed E-state index contributed by atoms with van der Waals surface area (Å²) < 4.78 is 48.3. The first-order valence-electron chi connectivity index (χ1n) is 7.29. The molecule has 0 radical (unpaired) electrons. The Kier molecular flexibility index (Phi) is 4.76. The summed E-state index contributed by atoms with van der Waals surface area (Å²) in [5, 5.41) is 0. The fourth-order valence-electron chi connectivity index (χ4n) is 2.69. The van der Waals surface area contributed by atoms with Crippen molar-refractivity contribution in [1.82, 2.24) is 0 Å². The molecule has 0 bridgehead atoms. The molecule has 0 aliphatic carbocycles. The summed E-state index contributed by atoms with van der Waals surface area (Å²) in [5.41, 5.74) is 0.979. The highest BCUT2D eigenvalue weighted by molar-refractivity contribution is 14.1. The fraction of sp³-hybridized carbons (Fsp3) is 0.600. The van der Waals surface area contributed by atoms with Gasteiger partial charge in [-0.15, -0.1) is 0 Å². The molecule has 0 amide bonds. The molecular formula is C15H19IO6S. The van der Waals surface area contributed by atoms with Gasteiger partial charge < -0.3 is 14.2 Å². The average Bonchev–Trinajstić information content (AvgIpc) is 2.92. The number of halogens is 1. The maximum absolute atomic E-state index is 12.5. The minimum absolute atomic E-state index is 0.122. The third-order valence-electron chi connectivity index (χ3n) is 3.79. The van der Waals surface area contributed by atoms with Gasteiger partial charge in [0.15, 0.2) is 12.1 Å². The largest absolute Gasteiger partial charge is 0.343 e. The van der Waals surface area contributed by atoms with E-state index in [0.29, 0.717) is 4.43 Å². The number of hydrogen-bond donors (Lipinski definition) is 0. The van der Waals surface area contributed by atoms with Crippen molar-refractivity contribution in [3.63, 3.8) is 0 Å². The summed E-state index contributed by atoms with van der Waals surface area (Å²) in [5.74, 6) is -0.819. The van der Waals surface area contributed by atoms with Crippen LogP contribution in [0.25, 0.3) is 0 Å². The van der Waals surface area contributed by atoms with Gasteiger partial charge in [0.1, 0.15) is 18.3 Å². The lowest BCUT2D eigenvalue weighted by molar-refractivity contribution is -0.209. The molecule has 0 unspecified atom stereocenters. The van der Waals surface area contributed by atoms with E-state index in [2.05, 4.69) is 22.6 Å². The zero-order valence-electron chi connectivity index (χ0n) is 13.1. The Bertz CT molecular complexity index is 672. The summed E-state index contributed by atoms with van der Waals surface area (Å²) in [7, 11) is -3.90. The Hall–Kier alpha value is -0.260. The first-order valence-corrected chi connectivity index (χ1v) is 10.2. The third-order valence-corrected chi connectivity index (χ3v) is 5.98. The molecule has 1 aromatic rings. The molecule has 2 saturated heterocycles. The van der Waals surface area contributed by atoms with Crippen molar-refractivity contribution in [3.05, 3.63) is 29.8 Å². The first kappa shape index (κ1) is 17.6. The zero-order valence-corrected chi connectivity index (χ0v) is 16.0. The highest BCUT2D eigenvalue weighted by Crippen LogP contribution is 2.40. The van der Waals surface area contributed by atoms with Crippen molar-refractivity contribution in [2.24, 2.45) is 0 Å². The molecule has 6 nitrogen and oxygen atoms in total. The molecule has 0 spiro atoms. The number of fused-ring (bicyclic) bond motifs is 1. The second-order valence-corrected chi connectivity index (χ2v) is 8.58. The van der Waals surface area contributed by atoms with E-state index >= 15 is 0 Å². The molecule has 2 aliphatic heterocycles. The standard InChI is InChI=1S/C15H19IO6S/c1-9-4-6-10(7-5-9)23(17,18)22-12-11(8-16)19-14-13(12)20-15(2,3)21-14/h4-7,11-14H,8H2,1-3H3/t11-,12-,13-,14-/m1/s1. The average molecular weight is 454 g/mol. The molecule has 2 fully saturated rings. The number of aryl methyl sites for hydroxylation is 1. The minimum Gasteiger partial charge on any atom is -0.343 e. The van der Waals surface area contributed by atoms with Crippen LogP contribution < -0.4 is 0 Å². The number of rotatable bonds is 4. The molecule has 0 saturated carbocycles. The lowest BCUT2D eigenvalue weighted by Crippen LogP contribution is -2.39. The second-order valence-electron chi connectivity index (χ2n) is 6.13. The van der Waals surface area contributed by atoms with Crippen LogP contribution in [0, 0.1) is 6.92 Å². The molecule has 8 heteroatoms. The van der Waals surface area contributed by atoms with Crippen LogP contribution in [0.3, 0.4) is 0 Å². The van der Waals surface area contributed by atoms with Crippen molar-refractivity contribution in [1.29, 1.82) is 0 Å².